The minimum absolute atomic E-state index is 0.219. The van der Waals surface area contributed by atoms with Crippen LogP contribution in [0.1, 0.15) is 27.9 Å². The van der Waals surface area contributed by atoms with Gasteiger partial charge in [0.05, 0.1) is 5.56 Å². The SMILES string of the molecule is O=C(c1cccc(F)c1F)c1cccc2c1CCCN2. The van der Waals surface area contributed by atoms with Gasteiger partial charge in [-0.1, -0.05) is 18.2 Å². The van der Waals surface area contributed by atoms with E-state index in [0.717, 1.165) is 36.7 Å². The molecule has 0 aromatic heterocycles. The fraction of sp³-hybridized carbons (Fsp3) is 0.188. The molecule has 2 nitrogen and oxygen atoms in total. The minimum atomic E-state index is -1.08. The van der Waals surface area contributed by atoms with E-state index in [9.17, 15) is 13.6 Å². The summed E-state index contributed by atoms with van der Waals surface area (Å²) in [6, 6.07) is 8.98. The molecular formula is C16H13F2NO. The Morgan fingerprint density at radius 3 is 2.65 bits per heavy atom. The van der Waals surface area contributed by atoms with Crippen molar-refractivity contribution in [3.8, 4) is 0 Å². The van der Waals surface area contributed by atoms with Crippen molar-refractivity contribution in [2.45, 2.75) is 12.8 Å². The van der Waals surface area contributed by atoms with Gasteiger partial charge in [0.1, 0.15) is 0 Å². The number of nitrogens with one attached hydrogen (secondary N) is 1. The largest absolute Gasteiger partial charge is 0.385 e. The Hall–Kier alpha value is -2.23. The fourth-order valence-corrected chi connectivity index (χ4v) is 2.55. The highest BCUT2D eigenvalue weighted by Crippen LogP contribution is 2.27. The van der Waals surface area contributed by atoms with Gasteiger partial charge in [-0.25, -0.2) is 8.78 Å². The molecule has 1 aliphatic heterocycles. The van der Waals surface area contributed by atoms with Crippen LogP contribution in [0.4, 0.5) is 14.5 Å². The number of anilines is 1. The Kier molecular flexibility index (Phi) is 3.22. The molecule has 4 heteroatoms. The lowest BCUT2D eigenvalue weighted by Gasteiger charge is -2.20. The molecule has 0 saturated carbocycles. The number of carbonyl (C=O) groups excluding carboxylic acids is 1. The molecular weight excluding hydrogens is 260 g/mol. The lowest BCUT2D eigenvalue weighted by Crippen LogP contribution is -2.16. The Labute approximate surface area is 115 Å². The molecule has 0 bridgehead atoms. The van der Waals surface area contributed by atoms with Crippen LogP contribution in [0.3, 0.4) is 0 Å². The summed E-state index contributed by atoms with van der Waals surface area (Å²) in [6.07, 6.45) is 1.68. The van der Waals surface area contributed by atoms with E-state index in [1.54, 1.807) is 12.1 Å². The summed E-state index contributed by atoms with van der Waals surface area (Å²) < 4.78 is 27.0. The number of ketones is 1. The third-order valence-corrected chi connectivity index (χ3v) is 3.54. The van der Waals surface area contributed by atoms with Crippen LogP contribution in [0.2, 0.25) is 0 Å². The van der Waals surface area contributed by atoms with Crippen LogP contribution in [0.5, 0.6) is 0 Å². The maximum Gasteiger partial charge on any atom is 0.196 e. The Morgan fingerprint density at radius 2 is 1.80 bits per heavy atom. The standard InChI is InChI=1S/C16H13F2NO/c17-13-7-1-5-12(15(13)18)16(20)11-4-2-8-14-10(11)6-3-9-19-14/h1-2,4-5,7-8,19H,3,6,9H2. The van der Waals surface area contributed by atoms with E-state index in [1.807, 2.05) is 6.07 Å². The quantitative estimate of drug-likeness (QED) is 0.848. The molecule has 0 amide bonds. The first kappa shape index (κ1) is 12.8. The molecule has 0 unspecified atom stereocenters. The van der Waals surface area contributed by atoms with Crippen molar-refractivity contribution >= 4 is 11.5 Å². The summed E-state index contributed by atoms with van der Waals surface area (Å²) in [5.41, 5.74) is 2.01. The molecule has 2 aromatic rings. The highest BCUT2D eigenvalue weighted by molar-refractivity contribution is 6.10. The van der Waals surface area contributed by atoms with E-state index in [1.165, 1.54) is 12.1 Å². The number of rotatable bonds is 2. The summed E-state index contributed by atoms with van der Waals surface area (Å²) in [5.74, 6) is -2.56. The van der Waals surface area contributed by atoms with Gasteiger partial charge in [0, 0.05) is 17.8 Å². The lowest BCUT2D eigenvalue weighted by molar-refractivity contribution is 0.103. The molecule has 1 heterocycles. The van der Waals surface area contributed by atoms with Gasteiger partial charge in [0.25, 0.3) is 0 Å². The van der Waals surface area contributed by atoms with E-state index in [4.69, 9.17) is 0 Å². The summed E-state index contributed by atoms with van der Waals surface area (Å²) in [7, 11) is 0. The average Bonchev–Trinajstić information content (AvgIpc) is 2.49. The minimum Gasteiger partial charge on any atom is -0.385 e. The van der Waals surface area contributed by atoms with Crippen LogP contribution < -0.4 is 5.32 Å². The van der Waals surface area contributed by atoms with E-state index in [-0.39, 0.29) is 5.56 Å². The van der Waals surface area contributed by atoms with Crippen molar-refractivity contribution in [2.75, 3.05) is 11.9 Å². The topological polar surface area (TPSA) is 29.1 Å². The Balaban J connectivity index is 2.09. The number of fused-ring (bicyclic) bond motifs is 1. The zero-order valence-electron chi connectivity index (χ0n) is 10.7. The third-order valence-electron chi connectivity index (χ3n) is 3.54. The van der Waals surface area contributed by atoms with Crippen molar-refractivity contribution in [1.82, 2.24) is 0 Å². The molecule has 2 aromatic carbocycles. The molecule has 20 heavy (non-hydrogen) atoms. The second-order valence-electron chi connectivity index (χ2n) is 4.79. The number of halogens is 2. The van der Waals surface area contributed by atoms with Gasteiger partial charge < -0.3 is 5.32 Å². The maximum absolute atomic E-state index is 13.8. The third kappa shape index (κ3) is 2.07. The van der Waals surface area contributed by atoms with E-state index >= 15 is 0 Å². The van der Waals surface area contributed by atoms with E-state index < -0.39 is 17.4 Å². The molecule has 0 atom stereocenters. The van der Waals surface area contributed by atoms with Gasteiger partial charge in [0.2, 0.25) is 0 Å². The second kappa shape index (κ2) is 5.04. The monoisotopic (exact) mass is 273 g/mol. The molecule has 0 spiro atoms. The van der Waals surface area contributed by atoms with Crippen LogP contribution in [-0.4, -0.2) is 12.3 Å². The number of carbonyl (C=O) groups is 1. The highest BCUT2D eigenvalue weighted by atomic mass is 19.2. The molecule has 3 rings (SSSR count). The van der Waals surface area contributed by atoms with Gasteiger partial charge in [-0.15, -0.1) is 0 Å². The molecule has 0 fully saturated rings. The number of hydrogen-bond donors (Lipinski definition) is 1. The zero-order chi connectivity index (χ0) is 14.1. The molecule has 0 radical (unpaired) electrons. The first-order valence-corrected chi connectivity index (χ1v) is 6.53. The van der Waals surface area contributed by atoms with E-state index in [0.29, 0.717) is 5.56 Å². The Morgan fingerprint density at radius 1 is 1.05 bits per heavy atom. The van der Waals surface area contributed by atoms with Crippen molar-refractivity contribution in [3.63, 3.8) is 0 Å². The summed E-state index contributed by atoms with van der Waals surface area (Å²) in [4.78, 5) is 12.5. The number of hydrogen-bond acceptors (Lipinski definition) is 2. The van der Waals surface area contributed by atoms with Crippen molar-refractivity contribution in [3.05, 3.63) is 64.7 Å². The predicted octanol–water partition coefficient (Wildman–Crippen LogP) is 3.55. The van der Waals surface area contributed by atoms with Crippen molar-refractivity contribution < 1.29 is 13.6 Å². The van der Waals surface area contributed by atoms with Crippen molar-refractivity contribution in [1.29, 1.82) is 0 Å². The summed E-state index contributed by atoms with van der Waals surface area (Å²) in [5, 5.41) is 3.22. The second-order valence-corrected chi connectivity index (χ2v) is 4.79. The predicted molar refractivity (Wildman–Crippen MR) is 73.0 cm³/mol. The van der Waals surface area contributed by atoms with Gasteiger partial charge in [-0.05, 0) is 36.6 Å². The fourth-order valence-electron chi connectivity index (χ4n) is 2.55. The zero-order valence-corrected chi connectivity index (χ0v) is 10.7. The molecule has 1 aliphatic rings. The smallest absolute Gasteiger partial charge is 0.196 e. The van der Waals surface area contributed by atoms with Crippen LogP contribution >= 0.6 is 0 Å². The summed E-state index contributed by atoms with van der Waals surface area (Å²) >= 11 is 0. The van der Waals surface area contributed by atoms with Gasteiger partial charge in [0.15, 0.2) is 17.4 Å². The normalized spacial score (nSPS) is 13.5. The number of benzene rings is 2. The van der Waals surface area contributed by atoms with E-state index in [2.05, 4.69) is 5.32 Å². The lowest BCUT2D eigenvalue weighted by atomic mass is 9.92. The molecule has 1 N–H and O–H groups in total. The molecule has 0 aliphatic carbocycles. The van der Waals surface area contributed by atoms with Crippen molar-refractivity contribution in [2.24, 2.45) is 0 Å². The van der Waals surface area contributed by atoms with Crippen LogP contribution in [-0.2, 0) is 6.42 Å². The van der Waals surface area contributed by atoms with Gasteiger partial charge >= 0.3 is 0 Å². The molecule has 0 saturated heterocycles. The highest BCUT2D eigenvalue weighted by Gasteiger charge is 2.21. The average molecular weight is 273 g/mol. The summed E-state index contributed by atoms with van der Waals surface area (Å²) in [6.45, 7) is 0.860. The Bertz CT molecular complexity index is 682. The molecule has 102 valence electrons. The maximum atomic E-state index is 13.8. The van der Waals surface area contributed by atoms with Gasteiger partial charge in [-0.3, -0.25) is 4.79 Å². The first-order chi connectivity index (χ1) is 9.68. The van der Waals surface area contributed by atoms with Gasteiger partial charge in [-0.2, -0.15) is 0 Å². The van der Waals surface area contributed by atoms with Crippen LogP contribution in [0.15, 0.2) is 36.4 Å². The first-order valence-electron chi connectivity index (χ1n) is 6.53. The van der Waals surface area contributed by atoms with Crippen LogP contribution in [0.25, 0.3) is 0 Å². The van der Waals surface area contributed by atoms with Crippen LogP contribution in [0, 0.1) is 11.6 Å².